The molecule has 0 aliphatic rings. The largest absolute Gasteiger partial charge is 0.356 e. The van der Waals surface area contributed by atoms with E-state index in [0.29, 0.717) is 17.4 Å². The highest BCUT2D eigenvalue weighted by atomic mass is 32.2. The van der Waals surface area contributed by atoms with Gasteiger partial charge in [0.05, 0.1) is 11.4 Å². The van der Waals surface area contributed by atoms with E-state index in [-0.39, 0.29) is 17.6 Å². The van der Waals surface area contributed by atoms with Gasteiger partial charge in [-0.25, -0.2) is 0 Å². The third kappa shape index (κ3) is 4.32. The molecular weight excluding hydrogens is 302 g/mol. The second-order valence-electron chi connectivity index (χ2n) is 4.46. The van der Waals surface area contributed by atoms with E-state index >= 15 is 0 Å². The number of carbonyl (C=O) groups excluding carboxylic acids is 2. The summed E-state index contributed by atoms with van der Waals surface area (Å²) in [5.41, 5.74) is 1.51. The quantitative estimate of drug-likeness (QED) is 0.787. The number of rotatable bonds is 6. The Kier molecular flexibility index (Phi) is 5.54. The molecule has 0 aliphatic carbocycles. The molecule has 1 aromatic heterocycles. The zero-order chi connectivity index (χ0) is 15.9. The summed E-state index contributed by atoms with van der Waals surface area (Å²) in [7, 11) is 0. The molecule has 0 radical (unpaired) electrons. The third-order valence-electron chi connectivity index (χ3n) is 2.67. The summed E-state index contributed by atoms with van der Waals surface area (Å²) < 4.78 is 1.77. The first-order chi connectivity index (χ1) is 10.6. The van der Waals surface area contributed by atoms with Crippen molar-refractivity contribution in [2.75, 3.05) is 17.6 Å². The molecule has 2 rings (SSSR count). The van der Waals surface area contributed by atoms with Gasteiger partial charge in [0, 0.05) is 19.2 Å². The lowest BCUT2D eigenvalue weighted by Gasteiger charge is -2.08. The van der Waals surface area contributed by atoms with Crippen LogP contribution in [0.3, 0.4) is 0 Å². The van der Waals surface area contributed by atoms with Gasteiger partial charge in [0.15, 0.2) is 5.16 Å². The smallest absolute Gasteiger partial charge is 0.230 e. The van der Waals surface area contributed by atoms with Crippen molar-refractivity contribution in [3.05, 3.63) is 30.6 Å². The van der Waals surface area contributed by atoms with Gasteiger partial charge in [-0.3, -0.25) is 14.2 Å². The van der Waals surface area contributed by atoms with E-state index in [9.17, 15) is 9.59 Å². The van der Waals surface area contributed by atoms with Crippen LogP contribution in [0.15, 0.2) is 35.7 Å². The molecule has 8 heteroatoms. The van der Waals surface area contributed by atoms with Crippen molar-refractivity contribution in [3.63, 3.8) is 0 Å². The van der Waals surface area contributed by atoms with E-state index in [4.69, 9.17) is 0 Å². The van der Waals surface area contributed by atoms with Crippen LogP contribution < -0.4 is 10.6 Å². The second-order valence-corrected chi connectivity index (χ2v) is 5.40. The molecule has 0 saturated carbocycles. The van der Waals surface area contributed by atoms with Crippen LogP contribution in [0.1, 0.15) is 13.8 Å². The van der Waals surface area contributed by atoms with Gasteiger partial charge in [-0.2, -0.15) is 0 Å². The van der Waals surface area contributed by atoms with Gasteiger partial charge in [0.2, 0.25) is 11.8 Å². The average molecular weight is 319 g/mol. The Morgan fingerprint density at radius 2 is 2.18 bits per heavy atom. The molecule has 0 bridgehead atoms. The Morgan fingerprint density at radius 3 is 2.91 bits per heavy atom. The standard InChI is InChI=1S/C14H17N5O2S/c1-3-15-13(21)8-22-14-18-16-9-19(14)12-6-4-5-11(7-12)17-10(2)20/h4-7,9H,3,8H2,1-2H3,(H,15,21)(H,17,20). The van der Waals surface area contributed by atoms with Gasteiger partial charge < -0.3 is 10.6 Å². The predicted octanol–water partition coefficient (Wildman–Crippen LogP) is 1.45. The maximum Gasteiger partial charge on any atom is 0.230 e. The zero-order valence-corrected chi connectivity index (χ0v) is 13.2. The number of nitrogens with zero attached hydrogens (tertiary/aromatic N) is 3. The Balaban J connectivity index is 2.14. The molecule has 7 nitrogen and oxygen atoms in total. The van der Waals surface area contributed by atoms with Crippen molar-refractivity contribution < 1.29 is 9.59 Å². The molecule has 0 unspecified atom stereocenters. The predicted molar refractivity (Wildman–Crippen MR) is 85.1 cm³/mol. The minimum absolute atomic E-state index is 0.0472. The van der Waals surface area contributed by atoms with Crippen LogP contribution >= 0.6 is 11.8 Å². The number of amides is 2. The van der Waals surface area contributed by atoms with Crippen LogP contribution in [0, 0.1) is 0 Å². The van der Waals surface area contributed by atoms with Gasteiger partial charge >= 0.3 is 0 Å². The number of hydrogen-bond acceptors (Lipinski definition) is 5. The summed E-state index contributed by atoms with van der Waals surface area (Å²) in [6.45, 7) is 3.93. The fourth-order valence-electron chi connectivity index (χ4n) is 1.82. The molecule has 2 amide bonds. The monoisotopic (exact) mass is 319 g/mol. The van der Waals surface area contributed by atoms with Gasteiger partial charge in [0.1, 0.15) is 6.33 Å². The molecular formula is C14H17N5O2S. The summed E-state index contributed by atoms with van der Waals surface area (Å²) in [6.07, 6.45) is 1.58. The molecule has 0 aliphatic heterocycles. The highest BCUT2D eigenvalue weighted by molar-refractivity contribution is 7.99. The Labute approximate surface area is 132 Å². The minimum atomic E-state index is -0.133. The maximum atomic E-state index is 11.5. The molecule has 0 fully saturated rings. The maximum absolute atomic E-state index is 11.5. The molecule has 0 atom stereocenters. The van der Waals surface area contributed by atoms with Gasteiger partial charge in [-0.1, -0.05) is 17.8 Å². The van der Waals surface area contributed by atoms with Crippen molar-refractivity contribution in [2.45, 2.75) is 19.0 Å². The number of aromatic nitrogens is 3. The zero-order valence-electron chi connectivity index (χ0n) is 12.4. The summed E-state index contributed by atoms with van der Waals surface area (Å²) in [5.74, 6) is 0.0959. The highest BCUT2D eigenvalue weighted by Gasteiger charge is 2.10. The molecule has 2 aromatic rings. The number of anilines is 1. The molecule has 2 N–H and O–H groups in total. The topological polar surface area (TPSA) is 88.9 Å². The fraction of sp³-hybridized carbons (Fsp3) is 0.286. The van der Waals surface area contributed by atoms with E-state index in [1.165, 1.54) is 18.7 Å². The van der Waals surface area contributed by atoms with Crippen LogP contribution in [0.25, 0.3) is 5.69 Å². The molecule has 0 saturated heterocycles. The number of nitrogens with one attached hydrogen (secondary N) is 2. The van der Waals surface area contributed by atoms with Crippen LogP contribution in [0.2, 0.25) is 0 Å². The van der Waals surface area contributed by atoms with Crippen molar-refractivity contribution in [2.24, 2.45) is 0 Å². The Morgan fingerprint density at radius 1 is 1.36 bits per heavy atom. The average Bonchev–Trinajstić information content (AvgIpc) is 2.93. The van der Waals surface area contributed by atoms with Crippen LogP contribution in [0.5, 0.6) is 0 Å². The molecule has 1 aromatic carbocycles. The number of thioether (sulfide) groups is 1. The summed E-state index contributed by atoms with van der Waals surface area (Å²) in [4.78, 5) is 22.7. The van der Waals surface area contributed by atoms with E-state index in [1.54, 1.807) is 17.0 Å². The first-order valence-electron chi connectivity index (χ1n) is 6.77. The molecule has 22 heavy (non-hydrogen) atoms. The number of carbonyl (C=O) groups is 2. The summed E-state index contributed by atoms with van der Waals surface area (Å²) in [6, 6.07) is 7.33. The van der Waals surface area contributed by atoms with Crippen molar-refractivity contribution in [1.29, 1.82) is 0 Å². The Bertz CT molecular complexity index is 671. The lowest BCUT2D eigenvalue weighted by atomic mass is 10.2. The third-order valence-corrected chi connectivity index (χ3v) is 3.61. The number of hydrogen-bond donors (Lipinski definition) is 2. The lowest BCUT2D eigenvalue weighted by Crippen LogP contribution is -2.24. The second kappa shape index (κ2) is 7.60. The molecule has 1 heterocycles. The van der Waals surface area contributed by atoms with Crippen molar-refractivity contribution in [3.8, 4) is 5.69 Å². The summed E-state index contributed by atoms with van der Waals surface area (Å²) >= 11 is 1.31. The fourth-order valence-corrected chi connectivity index (χ4v) is 2.57. The summed E-state index contributed by atoms with van der Waals surface area (Å²) in [5, 5.41) is 14.0. The first kappa shape index (κ1) is 16.0. The first-order valence-corrected chi connectivity index (χ1v) is 7.76. The molecule has 116 valence electrons. The van der Waals surface area contributed by atoms with Gasteiger partial charge in [-0.05, 0) is 25.1 Å². The van der Waals surface area contributed by atoms with E-state index in [1.807, 2.05) is 25.1 Å². The van der Waals surface area contributed by atoms with Gasteiger partial charge in [0.25, 0.3) is 0 Å². The minimum Gasteiger partial charge on any atom is -0.356 e. The number of benzene rings is 1. The molecule has 0 spiro atoms. The van der Waals surface area contributed by atoms with E-state index in [0.717, 1.165) is 5.69 Å². The van der Waals surface area contributed by atoms with E-state index < -0.39 is 0 Å². The highest BCUT2D eigenvalue weighted by Crippen LogP contribution is 2.21. The van der Waals surface area contributed by atoms with Gasteiger partial charge in [-0.15, -0.1) is 10.2 Å². The Hall–Kier alpha value is -2.35. The van der Waals surface area contributed by atoms with Crippen LogP contribution in [-0.2, 0) is 9.59 Å². The van der Waals surface area contributed by atoms with Crippen LogP contribution in [0.4, 0.5) is 5.69 Å². The SMILES string of the molecule is CCNC(=O)CSc1nncn1-c1cccc(NC(C)=O)c1. The van der Waals surface area contributed by atoms with Crippen LogP contribution in [-0.4, -0.2) is 38.9 Å². The van der Waals surface area contributed by atoms with Crippen molar-refractivity contribution >= 4 is 29.3 Å². The normalized spacial score (nSPS) is 10.3. The van der Waals surface area contributed by atoms with E-state index in [2.05, 4.69) is 20.8 Å². The lowest BCUT2D eigenvalue weighted by molar-refractivity contribution is -0.118. The van der Waals surface area contributed by atoms with Crippen molar-refractivity contribution in [1.82, 2.24) is 20.1 Å².